The van der Waals surface area contributed by atoms with Gasteiger partial charge < -0.3 is 9.64 Å². The first-order valence-electron chi connectivity index (χ1n) is 14.3. The largest absolute Gasteiger partial charge is 0.439 e. The number of amides is 1. The molecule has 2 aliphatic rings. The van der Waals surface area contributed by atoms with Gasteiger partial charge in [-0.05, 0) is 75.6 Å². The highest BCUT2D eigenvalue weighted by atomic mass is 32.1. The molecular formula is C31H33F6N3O2S. The molecule has 2 aromatic heterocycles. The second-order valence-electron chi connectivity index (χ2n) is 11.2. The Labute approximate surface area is 250 Å². The third-order valence-corrected chi connectivity index (χ3v) is 9.32. The average Bonchev–Trinajstić information content (AvgIpc) is 3.52. The lowest BCUT2D eigenvalue weighted by atomic mass is 9.93. The maximum Gasteiger partial charge on any atom is 0.416 e. The lowest BCUT2D eigenvalue weighted by Gasteiger charge is -2.36. The molecule has 1 amide bonds. The van der Waals surface area contributed by atoms with Crippen molar-refractivity contribution in [3.05, 3.63) is 69.7 Å². The van der Waals surface area contributed by atoms with Crippen molar-refractivity contribution in [2.45, 2.75) is 90.0 Å². The van der Waals surface area contributed by atoms with Gasteiger partial charge in [0.15, 0.2) is 0 Å². The van der Waals surface area contributed by atoms with E-state index in [1.54, 1.807) is 18.3 Å². The Morgan fingerprint density at radius 3 is 2.21 bits per heavy atom. The maximum atomic E-state index is 13.6. The van der Waals surface area contributed by atoms with E-state index in [0.29, 0.717) is 24.5 Å². The van der Waals surface area contributed by atoms with E-state index in [2.05, 4.69) is 4.90 Å². The van der Waals surface area contributed by atoms with Crippen molar-refractivity contribution in [2.24, 2.45) is 0 Å². The number of cyclic esters (lactones) is 1. The fourth-order valence-corrected chi connectivity index (χ4v) is 6.91. The van der Waals surface area contributed by atoms with E-state index in [-0.39, 0.29) is 24.2 Å². The number of aryl methyl sites for hydroxylation is 1. The van der Waals surface area contributed by atoms with Gasteiger partial charge in [0.05, 0.1) is 23.7 Å². The van der Waals surface area contributed by atoms with E-state index in [1.165, 1.54) is 11.3 Å². The Hall–Kier alpha value is -3.28. The molecule has 2 atom stereocenters. The second kappa shape index (κ2) is 12.0. The minimum atomic E-state index is -5.01. The predicted octanol–water partition coefficient (Wildman–Crippen LogP) is 9.40. The van der Waals surface area contributed by atoms with Gasteiger partial charge in [-0.3, -0.25) is 4.90 Å². The molecule has 1 aliphatic carbocycles. The van der Waals surface area contributed by atoms with Gasteiger partial charge in [0, 0.05) is 39.7 Å². The van der Waals surface area contributed by atoms with Crippen LogP contribution in [-0.4, -0.2) is 34.6 Å². The minimum Gasteiger partial charge on any atom is -0.439 e. The van der Waals surface area contributed by atoms with Crippen molar-refractivity contribution < 1.29 is 35.9 Å². The minimum absolute atomic E-state index is 0.0331. The van der Waals surface area contributed by atoms with Crippen molar-refractivity contribution in [2.75, 3.05) is 11.4 Å². The number of aromatic nitrogens is 1. The first-order chi connectivity index (χ1) is 20.3. The monoisotopic (exact) mass is 625 g/mol. The zero-order valence-corrected chi connectivity index (χ0v) is 24.9. The Balaban J connectivity index is 1.51. The van der Waals surface area contributed by atoms with Crippen LogP contribution in [0.4, 0.5) is 37.0 Å². The van der Waals surface area contributed by atoms with E-state index in [4.69, 9.17) is 9.72 Å². The first-order valence-corrected chi connectivity index (χ1v) is 15.2. The van der Waals surface area contributed by atoms with Crippen molar-refractivity contribution in [1.29, 1.82) is 0 Å². The van der Waals surface area contributed by atoms with Crippen molar-refractivity contribution in [3.63, 3.8) is 0 Å². The summed E-state index contributed by atoms with van der Waals surface area (Å²) in [6, 6.07) is 6.73. The van der Waals surface area contributed by atoms with Crippen LogP contribution in [0.15, 0.2) is 42.6 Å². The van der Waals surface area contributed by atoms with Gasteiger partial charge in [0.2, 0.25) is 0 Å². The highest BCUT2D eigenvalue weighted by Gasteiger charge is 2.43. The summed E-state index contributed by atoms with van der Waals surface area (Å²) < 4.78 is 86.8. The van der Waals surface area contributed by atoms with Gasteiger partial charge in [-0.1, -0.05) is 19.3 Å². The number of carbonyl (C=O) groups is 1. The molecule has 232 valence electrons. The molecule has 2 fully saturated rings. The maximum absolute atomic E-state index is 13.6. The molecule has 1 unspecified atom stereocenters. The Morgan fingerprint density at radius 2 is 1.65 bits per heavy atom. The van der Waals surface area contributed by atoms with Crippen LogP contribution in [0.5, 0.6) is 0 Å². The van der Waals surface area contributed by atoms with Crippen LogP contribution in [-0.2, 0) is 23.6 Å². The summed E-state index contributed by atoms with van der Waals surface area (Å²) in [5.74, 6) is 0.716. The van der Waals surface area contributed by atoms with Gasteiger partial charge in [-0.25, -0.2) is 9.78 Å². The SMILES string of the molecule is CCN(c1ncc(-c2ccc(C)s2)cc1CN1C(=O)OC(c2cc(C(F)(F)F)cc(C(F)(F)F)c2)[C@@H]1C)C1CCCCC1. The van der Waals surface area contributed by atoms with E-state index in [0.717, 1.165) is 46.6 Å². The van der Waals surface area contributed by atoms with Crippen LogP contribution in [0, 0.1) is 6.92 Å². The molecule has 5 rings (SSSR count). The number of alkyl halides is 6. The Kier molecular flexibility index (Phi) is 8.70. The number of nitrogens with zero attached hydrogens (tertiary/aromatic N) is 3. The summed E-state index contributed by atoms with van der Waals surface area (Å²) in [5, 5.41) is 0. The molecule has 3 aromatic rings. The number of ether oxygens (including phenoxy) is 1. The molecule has 3 heterocycles. The topological polar surface area (TPSA) is 45.7 Å². The smallest absolute Gasteiger partial charge is 0.416 e. The number of anilines is 1. The number of benzene rings is 1. The number of rotatable bonds is 7. The Morgan fingerprint density at radius 1 is 1.00 bits per heavy atom. The van der Waals surface area contributed by atoms with Crippen LogP contribution in [0.25, 0.3) is 10.4 Å². The average molecular weight is 626 g/mol. The predicted molar refractivity (Wildman–Crippen MR) is 153 cm³/mol. The van der Waals surface area contributed by atoms with Crippen molar-refractivity contribution in [3.8, 4) is 10.4 Å². The third-order valence-electron chi connectivity index (χ3n) is 8.27. The number of thiophene rings is 1. The standard InChI is InChI=1S/C31H33F6N3O2S/c1-4-39(25-8-6-5-7-9-25)28-22(12-21(16-38-28)26-11-10-18(2)43-26)17-40-19(3)27(42-29(40)41)20-13-23(30(32,33)34)15-24(14-20)31(35,36)37/h10-16,19,25,27H,4-9,17H2,1-3H3/t19-,27?/m0/s1. The second-order valence-corrected chi connectivity index (χ2v) is 12.5. The lowest BCUT2D eigenvalue weighted by Crippen LogP contribution is -2.39. The van der Waals surface area contributed by atoms with E-state index in [1.807, 2.05) is 38.2 Å². The highest BCUT2D eigenvalue weighted by molar-refractivity contribution is 7.15. The van der Waals surface area contributed by atoms with Crippen molar-refractivity contribution in [1.82, 2.24) is 9.88 Å². The zero-order valence-electron chi connectivity index (χ0n) is 24.1. The first kappa shape index (κ1) is 31.2. The molecule has 0 spiro atoms. The molecule has 0 N–H and O–H groups in total. The number of hydrogen-bond donors (Lipinski definition) is 0. The van der Waals surface area contributed by atoms with Gasteiger partial charge >= 0.3 is 18.4 Å². The quantitative estimate of drug-likeness (QED) is 0.246. The highest BCUT2D eigenvalue weighted by Crippen LogP contribution is 2.42. The summed E-state index contributed by atoms with van der Waals surface area (Å²) in [6.07, 6.45) is -4.92. The summed E-state index contributed by atoms with van der Waals surface area (Å²) in [5.41, 5.74) is -1.66. The Bertz CT molecular complexity index is 1430. The molecule has 12 heteroatoms. The van der Waals surface area contributed by atoms with E-state index < -0.39 is 41.7 Å². The van der Waals surface area contributed by atoms with E-state index in [9.17, 15) is 31.1 Å². The molecular weight excluding hydrogens is 592 g/mol. The summed E-state index contributed by atoms with van der Waals surface area (Å²) in [7, 11) is 0. The summed E-state index contributed by atoms with van der Waals surface area (Å²) in [6.45, 7) is 6.34. The third kappa shape index (κ3) is 6.63. The zero-order chi connectivity index (χ0) is 31.1. The van der Waals surface area contributed by atoms with Crippen LogP contribution >= 0.6 is 11.3 Å². The summed E-state index contributed by atoms with van der Waals surface area (Å²) >= 11 is 1.60. The molecule has 1 aromatic carbocycles. The molecule has 1 saturated carbocycles. The van der Waals surface area contributed by atoms with Gasteiger partial charge in [-0.2, -0.15) is 26.3 Å². The lowest BCUT2D eigenvalue weighted by molar-refractivity contribution is -0.143. The number of halogens is 6. The van der Waals surface area contributed by atoms with Crippen LogP contribution in [0.3, 0.4) is 0 Å². The molecule has 1 aliphatic heterocycles. The molecule has 5 nitrogen and oxygen atoms in total. The molecule has 0 bridgehead atoms. The fourth-order valence-electron chi connectivity index (χ4n) is 6.06. The fraction of sp³-hybridized carbons (Fsp3) is 0.484. The molecule has 43 heavy (non-hydrogen) atoms. The van der Waals surface area contributed by atoms with Gasteiger partial charge in [-0.15, -0.1) is 11.3 Å². The van der Waals surface area contributed by atoms with Gasteiger partial charge in [0.1, 0.15) is 11.9 Å². The molecule has 0 radical (unpaired) electrons. The van der Waals surface area contributed by atoms with Crippen LogP contribution in [0.1, 0.15) is 79.2 Å². The van der Waals surface area contributed by atoms with Crippen LogP contribution < -0.4 is 4.90 Å². The van der Waals surface area contributed by atoms with E-state index >= 15 is 0 Å². The normalized spacial score (nSPS) is 20.0. The van der Waals surface area contributed by atoms with Gasteiger partial charge in [0.25, 0.3) is 0 Å². The number of carbonyl (C=O) groups excluding carboxylic acids is 1. The summed E-state index contributed by atoms with van der Waals surface area (Å²) in [4.78, 5) is 23.8. The number of hydrogen-bond acceptors (Lipinski definition) is 5. The number of pyridine rings is 1. The van der Waals surface area contributed by atoms with Crippen LogP contribution in [0.2, 0.25) is 0 Å². The van der Waals surface area contributed by atoms with Crippen molar-refractivity contribution >= 4 is 23.2 Å². The molecule has 1 saturated heterocycles.